The van der Waals surface area contributed by atoms with E-state index in [1.165, 1.54) is 0 Å². The van der Waals surface area contributed by atoms with Crippen LogP contribution in [0.1, 0.15) is 12.0 Å². The number of hydrogen-bond acceptors (Lipinski definition) is 5. The van der Waals surface area contributed by atoms with E-state index in [1.807, 2.05) is 36.6 Å². The van der Waals surface area contributed by atoms with Gasteiger partial charge in [-0.25, -0.2) is 5.43 Å². The largest absolute Gasteiger partial charge is 0.320 e. The number of carbonyl (C=O) groups excluding carboxylic acids is 1. The Morgan fingerprint density at radius 1 is 1.48 bits per heavy atom. The van der Waals surface area contributed by atoms with Gasteiger partial charge in [0.1, 0.15) is 0 Å². The summed E-state index contributed by atoms with van der Waals surface area (Å²) in [7, 11) is 0. The summed E-state index contributed by atoms with van der Waals surface area (Å²) in [5, 5.41) is 5.00. The summed E-state index contributed by atoms with van der Waals surface area (Å²) in [6, 6.07) is 9.15. The van der Waals surface area contributed by atoms with Gasteiger partial charge in [-0.05, 0) is 24.5 Å². The van der Waals surface area contributed by atoms with Crippen molar-refractivity contribution in [1.29, 1.82) is 0 Å². The van der Waals surface area contributed by atoms with Crippen LogP contribution in [0.5, 0.6) is 0 Å². The summed E-state index contributed by atoms with van der Waals surface area (Å²) in [5.74, 6) is 0.583. The first-order valence-corrected chi connectivity index (χ1v) is 8.03. The Kier molecular flexibility index (Phi) is 5.71. The van der Waals surface area contributed by atoms with Crippen molar-refractivity contribution in [2.75, 3.05) is 12.0 Å². The standard InChI is InChI=1S/C15H18N4OS/c1-21-9-7-13(16)15(20)19-18-10-12-5-2-4-11-6-3-8-17-14(11)12/h2-6,8,10,13H,7,9,16H2,1H3,(H,19,20)/t13-/m0/s1. The topological polar surface area (TPSA) is 80.4 Å². The van der Waals surface area contributed by atoms with Crippen molar-refractivity contribution in [2.45, 2.75) is 12.5 Å². The number of aromatic nitrogens is 1. The molecule has 1 atom stereocenters. The Morgan fingerprint density at radius 2 is 2.29 bits per heavy atom. The number of benzene rings is 1. The predicted octanol–water partition coefficient (Wildman–Crippen LogP) is 1.77. The first-order chi connectivity index (χ1) is 10.2. The Labute approximate surface area is 128 Å². The van der Waals surface area contributed by atoms with E-state index in [2.05, 4.69) is 15.5 Å². The highest BCUT2D eigenvalue weighted by Crippen LogP contribution is 2.13. The summed E-state index contributed by atoms with van der Waals surface area (Å²) in [5.41, 5.74) is 9.94. The van der Waals surface area contributed by atoms with Gasteiger partial charge in [0.2, 0.25) is 0 Å². The molecule has 5 nitrogen and oxygen atoms in total. The van der Waals surface area contributed by atoms with Gasteiger partial charge in [-0.3, -0.25) is 9.78 Å². The lowest BCUT2D eigenvalue weighted by molar-refractivity contribution is -0.122. The molecule has 6 heteroatoms. The summed E-state index contributed by atoms with van der Waals surface area (Å²) < 4.78 is 0. The number of rotatable bonds is 6. The number of fused-ring (bicyclic) bond motifs is 1. The third kappa shape index (κ3) is 4.27. The van der Waals surface area contributed by atoms with Crippen LogP contribution in [-0.4, -0.2) is 35.2 Å². The molecule has 0 radical (unpaired) electrons. The van der Waals surface area contributed by atoms with Crippen LogP contribution in [0.4, 0.5) is 0 Å². The molecular weight excluding hydrogens is 284 g/mol. The monoisotopic (exact) mass is 302 g/mol. The van der Waals surface area contributed by atoms with Gasteiger partial charge in [0, 0.05) is 17.1 Å². The molecule has 1 aromatic heterocycles. The molecule has 1 aromatic carbocycles. The second-order valence-electron chi connectivity index (χ2n) is 4.54. The molecule has 0 saturated carbocycles. The van der Waals surface area contributed by atoms with Crippen molar-refractivity contribution < 1.29 is 4.79 Å². The summed E-state index contributed by atoms with van der Waals surface area (Å²) in [6.45, 7) is 0. The van der Waals surface area contributed by atoms with Gasteiger partial charge in [-0.15, -0.1) is 0 Å². The molecule has 2 rings (SSSR count). The van der Waals surface area contributed by atoms with Crippen LogP contribution in [0.3, 0.4) is 0 Å². The van der Waals surface area contributed by atoms with Crippen molar-refractivity contribution in [1.82, 2.24) is 10.4 Å². The lowest BCUT2D eigenvalue weighted by Crippen LogP contribution is -2.38. The number of hydrazone groups is 1. The Morgan fingerprint density at radius 3 is 3.10 bits per heavy atom. The van der Waals surface area contributed by atoms with Gasteiger partial charge in [-0.1, -0.05) is 24.3 Å². The maximum Gasteiger partial charge on any atom is 0.256 e. The molecule has 0 fully saturated rings. The van der Waals surface area contributed by atoms with E-state index in [1.54, 1.807) is 24.2 Å². The number of thioether (sulfide) groups is 1. The number of para-hydroxylation sites is 1. The van der Waals surface area contributed by atoms with E-state index in [4.69, 9.17) is 5.73 Å². The van der Waals surface area contributed by atoms with E-state index in [0.717, 1.165) is 22.2 Å². The minimum atomic E-state index is -0.528. The maximum atomic E-state index is 11.7. The smallest absolute Gasteiger partial charge is 0.256 e. The van der Waals surface area contributed by atoms with Crippen molar-refractivity contribution in [3.05, 3.63) is 42.1 Å². The van der Waals surface area contributed by atoms with Crippen molar-refractivity contribution in [2.24, 2.45) is 10.8 Å². The van der Waals surface area contributed by atoms with Gasteiger partial charge in [0.05, 0.1) is 17.8 Å². The van der Waals surface area contributed by atoms with Gasteiger partial charge >= 0.3 is 0 Å². The molecule has 0 saturated heterocycles. The number of pyridine rings is 1. The number of nitrogens with one attached hydrogen (secondary N) is 1. The third-order valence-electron chi connectivity index (χ3n) is 3.01. The van der Waals surface area contributed by atoms with E-state index in [-0.39, 0.29) is 5.91 Å². The number of carbonyl (C=O) groups is 1. The maximum absolute atomic E-state index is 11.7. The number of amides is 1. The van der Waals surface area contributed by atoms with Crippen LogP contribution in [0.25, 0.3) is 10.9 Å². The normalized spacial score (nSPS) is 12.7. The molecule has 0 aliphatic heterocycles. The highest BCUT2D eigenvalue weighted by molar-refractivity contribution is 7.98. The fourth-order valence-corrected chi connectivity index (χ4v) is 2.35. The Balaban J connectivity index is 2.02. The zero-order valence-corrected chi connectivity index (χ0v) is 12.6. The van der Waals surface area contributed by atoms with Crippen LogP contribution < -0.4 is 11.2 Å². The second kappa shape index (κ2) is 7.75. The number of nitrogens with zero attached hydrogens (tertiary/aromatic N) is 2. The molecule has 0 aliphatic carbocycles. The van der Waals surface area contributed by atoms with Crippen LogP contribution in [0.15, 0.2) is 41.6 Å². The number of nitrogens with two attached hydrogens (primary N) is 1. The second-order valence-corrected chi connectivity index (χ2v) is 5.53. The average Bonchev–Trinajstić information content (AvgIpc) is 2.52. The molecule has 0 aliphatic rings. The van der Waals surface area contributed by atoms with Crippen LogP contribution in [0, 0.1) is 0 Å². The van der Waals surface area contributed by atoms with E-state index < -0.39 is 6.04 Å². The third-order valence-corrected chi connectivity index (χ3v) is 3.66. The van der Waals surface area contributed by atoms with E-state index in [0.29, 0.717) is 6.42 Å². The lowest BCUT2D eigenvalue weighted by atomic mass is 10.1. The van der Waals surface area contributed by atoms with Crippen LogP contribution >= 0.6 is 11.8 Å². The minimum Gasteiger partial charge on any atom is -0.320 e. The predicted molar refractivity (Wildman–Crippen MR) is 88.5 cm³/mol. The van der Waals surface area contributed by atoms with Crippen molar-refractivity contribution >= 4 is 34.8 Å². The van der Waals surface area contributed by atoms with Gasteiger partial charge < -0.3 is 5.73 Å². The molecule has 2 aromatic rings. The molecular formula is C15H18N4OS. The molecule has 0 unspecified atom stereocenters. The minimum absolute atomic E-state index is 0.270. The molecule has 21 heavy (non-hydrogen) atoms. The quantitative estimate of drug-likeness (QED) is 0.629. The van der Waals surface area contributed by atoms with Crippen molar-refractivity contribution in [3.8, 4) is 0 Å². The zero-order chi connectivity index (χ0) is 15.1. The lowest BCUT2D eigenvalue weighted by Gasteiger charge is -2.08. The zero-order valence-electron chi connectivity index (χ0n) is 11.8. The fourth-order valence-electron chi connectivity index (χ4n) is 1.86. The highest BCUT2D eigenvalue weighted by atomic mass is 32.2. The number of hydrogen-bond donors (Lipinski definition) is 2. The summed E-state index contributed by atoms with van der Waals surface area (Å²) in [4.78, 5) is 16.1. The average molecular weight is 302 g/mol. The van der Waals surface area contributed by atoms with Gasteiger partial charge in [0.15, 0.2) is 0 Å². The van der Waals surface area contributed by atoms with E-state index in [9.17, 15) is 4.79 Å². The van der Waals surface area contributed by atoms with E-state index >= 15 is 0 Å². The molecule has 1 amide bonds. The first kappa shape index (κ1) is 15.5. The molecule has 1 heterocycles. The Hall–Kier alpha value is -1.92. The van der Waals surface area contributed by atoms with Gasteiger partial charge in [0.25, 0.3) is 5.91 Å². The van der Waals surface area contributed by atoms with Crippen molar-refractivity contribution in [3.63, 3.8) is 0 Å². The molecule has 0 spiro atoms. The van der Waals surface area contributed by atoms with Gasteiger partial charge in [-0.2, -0.15) is 16.9 Å². The summed E-state index contributed by atoms with van der Waals surface area (Å²) >= 11 is 1.66. The van der Waals surface area contributed by atoms with Crippen LogP contribution in [0.2, 0.25) is 0 Å². The molecule has 110 valence electrons. The fraction of sp³-hybridized carbons (Fsp3) is 0.267. The Bertz CT molecular complexity index is 639. The molecule has 3 N–H and O–H groups in total. The summed E-state index contributed by atoms with van der Waals surface area (Å²) in [6.07, 6.45) is 5.94. The highest BCUT2D eigenvalue weighted by Gasteiger charge is 2.11. The SMILES string of the molecule is CSCC[C@H](N)C(=O)NN=Cc1cccc2cccnc12. The molecule has 0 bridgehead atoms. The first-order valence-electron chi connectivity index (χ1n) is 6.63. The van der Waals surface area contributed by atoms with Crippen LogP contribution in [-0.2, 0) is 4.79 Å².